The highest BCUT2D eigenvalue weighted by Gasteiger charge is 2.40. The maximum atomic E-state index is 13.4. The van der Waals surface area contributed by atoms with E-state index < -0.39 is 59.9 Å². The van der Waals surface area contributed by atoms with Crippen LogP contribution in [-0.2, 0) is 19.6 Å². The minimum absolute atomic E-state index is 0.0244. The Labute approximate surface area is 363 Å². The van der Waals surface area contributed by atoms with Crippen LogP contribution in [0.1, 0.15) is 81.2 Å². The number of fused-ring (bicyclic) bond motifs is 6. The van der Waals surface area contributed by atoms with Crippen molar-refractivity contribution in [2.75, 3.05) is 26.2 Å². The molecule has 8 heterocycles. The Kier molecular flexibility index (Phi) is 12.0. The molecule has 2 fully saturated rings. The first-order valence-electron chi connectivity index (χ1n) is 21.0. The molecule has 6 aromatic heterocycles. The summed E-state index contributed by atoms with van der Waals surface area (Å²) >= 11 is 0. The van der Waals surface area contributed by atoms with Crippen molar-refractivity contribution in [3.63, 3.8) is 0 Å². The second kappa shape index (κ2) is 17.2. The number of nitrogens with one attached hydrogen (secondary N) is 1. The molecular weight excluding hydrogens is 867 g/mol. The number of hydrogen-bond donors (Lipinski definition) is 1. The van der Waals surface area contributed by atoms with Crippen molar-refractivity contribution in [1.29, 1.82) is 0 Å². The SMILES string of the molecule is CC[C@@H]1CN(C(=O)CCC(F)(F)F)C[C@@H]1c1cnc2cnc3[nH]ccc3n12.CC[C@@H]1CN(C(=O)CCC(F)(F)F)C[C@@H]1c1cnc2cnc3c(ccn3S(=O)(=O)c3ccc(C)cc3)n12. The zero-order valence-electron chi connectivity index (χ0n) is 35.1. The summed E-state index contributed by atoms with van der Waals surface area (Å²) in [7, 11) is -3.90. The minimum atomic E-state index is -4.38. The van der Waals surface area contributed by atoms with Gasteiger partial charge < -0.3 is 14.8 Å². The molecule has 2 saturated heterocycles. The number of carbonyl (C=O) groups excluding carboxylic acids is 2. The number of likely N-dealkylation sites (tertiary alicyclic amines) is 2. The first-order chi connectivity index (χ1) is 30.4. The Bertz CT molecular complexity index is 2940. The number of hydrogen-bond acceptors (Lipinski definition) is 8. The molecule has 340 valence electrons. The van der Waals surface area contributed by atoms with Crippen LogP contribution in [0.3, 0.4) is 0 Å². The van der Waals surface area contributed by atoms with Gasteiger partial charge in [-0.1, -0.05) is 44.4 Å². The van der Waals surface area contributed by atoms with Gasteiger partial charge in [-0.3, -0.25) is 18.4 Å². The number of rotatable bonds is 10. The average Bonchev–Trinajstić information content (AvgIpc) is 4.10. The molecule has 0 unspecified atom stereocenters. The van der Waals surface area contributed by atoms with Crippen LogP contribution in [0.15, 0.2) is 78.5 Å². The van der Waals surface area contributed by atoms with Crippen molar-refractivity contribution in [2.45, 2.75) is 88.4 Å². The Balaban J connectivity index is 0.000000184. The van der Waals surface area contributed by atoms with Crippen LogP contribution < -0.4 is 0 Å². The molecule has 2 aliphatic heterocycles. The zero-order chi connectivity index (χ0) is 45.7. The molecule has 0 radical (unpaired) electrons. The van der Waals surface area contributed by atoms with E-state index in [1.165, 1.54) is 17.3 Å². The maximum absolute atomic E-state index is 13.4. The summed E-state index contributed by atoms with van der Waals surface area (Å²) in [6.45, 7) is 7.42. The zero-order valence-corrected chi connectivity index (χ0v) is 36.0. The van der Waals surface area contributed by atoms with Gasteiger partial charge in [0, 0.05) is 87.0 Å². The molecule has 21 heteroatoms. The van der Waals surface area contributed by atoms with E-state index >= 15 is 0 Å². The third-order valence-corrected chi connectivity index (χ3v) is 14.1. The molecule has 1 N–H and O–H groups in total. The number of nitrogens with zero attached hydrogens (tertiary/aromatic N) is 9. The van der Waals surface area contributed by atoms with Crippen LogP contribution in [0.4, 0.5) is 26.3 Å². The van der Waals surface area contributed by atoms with Gasteiger partial charge >= 0.3 is 12.4 Å². The molecule has 4 atom stereocenters. The Morgan fingerprint density at radius 3 is 1.72 bits per heavy atom. The van der Waals surface area contributed by atoms with Gasteiger partial charge in [-0.05, 0) is 43.0 Å². The third kappa shape index (κ3) is 8.77. The predicted octanol–water partition coefficient (Wildman–Crippen LogP) is 8.03. The van der Waals surface area contributed by atoms with Gasteiger partial charge in [-0.25, -0.2) is 32.3 Å². The molecule has 0 aliphatic carbocycles. The van der Waals surface area contributed by atoms with Gasteiger partial charge in [0.05, 0.1) is 41.2 Å². The van der Waals surface area contributed by atoms with Crippen molar-refractivity contribution in [2.24, 2.45) is 11.8 Å². The molecular formula is C43H46F6N10O4S. The minimum Gasteiger partial charge on any atom is -0.345 e. The number of aromatic amines is 1. The fraction of sp³-hybridized carbons (Fsp3) is 0.442. The van der Waals surface area contributed by atoms with E-state index in [4.69, 9.17) is 0 Å². The van der Waals surface area contributed by atoms with E-state index in [0.29, 0.717) is 36.4 Å². The number of alkyl halides is 6. The number of H-pyrrole nitrogens is 1. The number of benzene rings is 1. The normalized spacial score (nSPS) is 19.6. The monoisotopic (exact) mass is 912 g/mol. The fourth-order valence-corrected chi connectivity index (χ4v) is 10.3. The lowest BCUT2D eigenvalue weighted by Crippen LogP contribution is -2.30. The second-order valence-electron chi connectivity index (χ2n) is 16.5. The van der Waals surface area contributed by atoms with E-state index in [0.717, 1.165) is 44.9 Å². The molecule has 64 heavy (non-hydrogen) atoms. The number of imidazole rings is 2. The molecule has 9 rings (SSSR count). The Morgan fingerprint density at radius 1 is 0.688 bits per heavy atom. The van der Waals surface area contributed by atoms with E-state index in [-0.39, 0.29) is 40.8 Å². The van der Waals surface area contributed by atoms with E-state index in [1.807, 2.05) is 35.6 Å². The van der Waals surface area contributed by atoms with E-state index in [1.54, 1.807) is 60.0 Å². The number of aryl methyl sites for hydroxylation is 1. The number of amides is 2. The average molecular weight is 913 g/mol. The highest BCUT2D eigenvalue weighted by molar-refractivity contribution is 7.90. The molecule has 1 aromatic carbocycles. The topological polar surface area (TPSA) is 156 Å². The highest BCUT2D eigenvalue weighted by Crippen LogP contribution is 2.39. The van der Waals surface area contributed by atoms with Gasteiger partial charge in [-0.2, -0.15) is 26.3 Å². The first kappa shape index (κ1) is 44.6. The summed E-state index contributed by atoms with van der Waals surface area (Å²) in [5.74, 6) is -0.888. The van der Waals surface area contributed by atoms with Gasteiger partial charge in [0.15, 0.2) is 22.6 Å². The van der Waals surface area contributed by atoms with E-state index in [9.17, 15) is 44.3 Å². The van der Waals surface area contributed by atoms with Crippen LogP contribution in [0, 0.1) is 18.8 Å². The number of aromatic nitrogens is 8. The van der Waals surface area contributed by atoms with Crippen molar-refractivity contribution in [3.05, 3.63) is 90.5 Å². The largest absolute Gasteiger partial charge is 0.389 e. The number of halogens is 6. The molecule has 0 saturated carbocycles. The predicted molar refractivity (Wildman–Crippen MR) is 224 cm³/mol. The first-order valence-corrected chi connectivity index (χ1v) is 22.4. The Morgan fingerprint density at radius 2 is 1.20 bits per heavy atom. The lowest BCUT2D eigenvalue weighted by molar-refractivity contribution is -0.148. The number of carbonyl (C=O) groups is 2. The summed E-state index contributed by atoms with van der Waals surface area (Å²) < 4.78 is 107. The summed E-state index contributed by atoms with van der Waals surface area (Å²) in [6, 6.07) is 10.1. The molecule has 14 nitrogen and oxygen atoms in total. The van der Waals surface area contributed by atoms with Crippen molar-refractivity contribution in [3.8, 4) is 0 Å². The molecule has 0 bridgehead atoms. The van der Waals surface area contributed by atoms with Gasteiger partial charge in [0.2, 0.25) is 11.8 Å². The highest BCUT2D eigenvalue weighted by atomic mass is 32.2. The molecule has 2 amide bonds. The van der Waals surface area contributed by atoms with Crippen LogP contribution in [0.5, 0.6) is 0 Å². The standard InChI is InChI=1S/C25H26F3N5O3S.C18H20F3N5O/c1-3-17-14-31(23(34)8-10-25(26,27)28)15-19(17)21-12-29-22-13-30-24-20(33(21)22)9-11-32(24)37(35,36)18-6-4-16(2)5-7-18;1-2-11-9-25(16(27)3-5-18(19,20)21)10-12(11)14-7-23-15-8-24-17-13(26(14)15)4-6-22-17/h4-7,9,11-13,17,19H,3,8,10,14-15H2,1-2H3;4,6-8,11-12,22H,2-3,5,9-10H2,1H3/t17-,19+;11-,12+/m11/s1. The van der Waals surface area contributed by atoms with Crippen molar-refractivity contribution >= 4 is 55.5 Å². The third-order valence-electron chi connectivity index (χ3n) is 12.5. The quantitative estimate of drug-likeness (QED) is 0.135. The lowest BCUT2D eigenvalue weighted by Gasteiger charge is -2.17. The summed E-state index contributed by atoms with van der Waals surface area (Å²) in [6.07, 6.45) is -0.517. The summed E-state index contributed by atoms with van der Waals surface area (Å²) in [5, 5.41) is 0. The molecule has 0 spiro atoms. The lowest BCUT2D eigenvalue weighted by atomic mass is 9.91. The van der Waals surface area contributed by atoms with Crippen LogP contribution >= 0.6 is 0 Å². The fourth-order valence-electron chi connectivity index (χ4n) is 9.04. The van der Waals surface area contributed by atoms with E-state index in [2.05, 4.69) is 24.9 Å². The van der Waals surface area contributed by atoms with Crippen LogP contribution in [-0.4, -0.2) is 106 Å². The van der Waals surface area contributed by atoms with Crippen LogP contribution in [0.25, 0.3) is 33.6 Å². The van der Waals surface area contributed by atoms with Crippen LogP contribution in [0.2, 0.25) is 0 Å². The van der Waals surface area contributed by atoms with Gasteiger partial charge in [0.1, 0.15) is 0 Å². The maximum Gasteiger partial charge on any atom is 0.389 e. The molecule has 7 aromatic rings. The van der Waals surface area contributed by atoms with Crippen molar-refractivity contribution < 1.29 is 44.3 Å². The summed E-state index contributed by atoms with van der Waals surface area (Å²) in [4.78, 5) is 48.7. The van der Waals surface area contributed by atoms with Gasteiger partial charge in [0.25, 0.3) is 10.0 Å². The van der Waals surface area contributed by atoms with Gasteiger partial charge in [-0.15, -0.1) is 0 Å². The smallest absolute Gasteiger partial charge is 0.345 e. The summed E-state index contributed by atoms with van der Waals surface area (Å²) in [5.41, 5.74) is 6.32. The second-order valence-corrected chi connectivity index (χ2v) is 18.3. The van der Waals surface area contributed by atoms with Crippen molar-refractivity contribution in [1.82, 2.24) is 47.5 Å². The Hall–Kier alpha value is -5.99. The molecule has 2 aliphatic rings.